The molecule has 0 aromatic rings. The highest BCUT2D eigenvalue weighted by atomic mass is 16.5. The molecular weight excluding hydrogens is 328 g/mol. The maximum atomic E-state index is 12.3. The van der Waals surface area contributed by atoms with Crippen LogP contribution in [0.4, 0.5) is 0 Å². The number of carboxylic acids is 1. The molecule has 2 amide bonds. The number of carboxylic acid groups (broad SMARTS) is 1. The molecule has 2 heterocycles. The second-order valence-electron chi connectivity index (χ2n) is 6.70. The SMILES string of the molecule is CN(CC(=O)N1CCCC(C(=O)O)C1)C(=O)CCOC1CCOCC1. The van der Waals surface area contributed by atoms with E-state index >= 15 is 0 Å². The number of hydrogen-bond acceptors (Lipinski definition) is 5. The van der Waals surface area contributed by atoms with Gasteiger partial charge in [0.2, 0.25) is 11.8 Å². The molecule has 1 unspecified atom stereocenters. The van der Waals surface area contributed by atoms with Crippen LogP contribution in [0.15, 0.2) is 0 Å². The van der Waals surface area contributed by atoms with Gasteiger partial charge in [0.1, 0.15) is 0 Å². The van der Waals surface area contributed by atoms with Crippen molar-refractivity contribution in [1.82, 2.24) is 9.80 Å². The van der Waals surface area contributed by atoms with Crippen LogP contribution in [0.1, 0.15) is 32.1 Å². The summed E-state index contributed by atoms with van der Waals surface area (Å²) in [5.41, 5.74) is 0. The zero-order valence-electron chi connectivity index (χ0n) is 14.8. The summed E-state index contributed by atoms with van der Waals surface area (Å²) in [5.74, 6) is -1.72. The molecule has 1 atom stereocenters. The quantitative estimate of drug-likeness (QED) is 0.707. The Kier molecular flexibility index (Phi) is 7.64. The lowest BCUT2D eigenvalue weighted by molar-refractivity contribution is -0.147. The van der Waals surface area contributed by atoms with Gasteiger partial charge in [-0.05, 0) is 25.7 Å². The lowest BCUT2D eigenvalue weighted by Gasteiger charge is -2.32. The predicted octanol–water partition coefficient (Wildman–Crippen LogP) is 0.354. The summed E-state index contributed by atoms with van der Waals surface area (Å²) in [5, 5.41) is 9.09. The summed E-state index contributed by atoms with van der Waals surface area (Å²) in [6.07, 6.45) is 3.36. The van der Waals surface area contributed by atoms with Crippen LogP contribution >= 0.6 is 0 Å². The molecule has 0 aromatic heterocycles. The standard InChI is InChI=1S/C17H28N2O6/c1-18(15(20)6-10-25-14-4-8-24-9-5-14)12-16(21)19-7-2-3-13(11-19)17(22)23/h13-14H,2-12H2,1H3,(H,22,23). The van der Waals surface area contributed by atoms with E-state index in [1.165, 1.54) is 4.90 Å². The minimum atomic E-state index is -0.868. The fraction of sp³-hybridized carbons (Fsp3) is 0.824. The molecule has 8 nitrogen and oxygen atoms in total. The molecule has 0 saturated carbocycles. The Balaban J connectivity index is 1.68. The number of nitrogens with zero attached hydrogens (tertiary/aromatic N) is 2. The number of likely N-dealkylation sites (N-methyl/N-ethyl adjacent to an activating group) is 1. The summed E-state index contributed by atoms with van der Waals surface area (Å²) >= 11 is 0. The van der Waals surface area contributed by atoms with Crippen LogP contribution in [0.3, 0.4) is 0 Å². The molecule has 2 rings (SSSR count). The number of rotatable bonds is 7. The lowest BCUT2D eigenvalue weighted by atomic mass is 9.98. The van der Waals surface area contributed by atoms with Crippen molar-refractivity contribution in [3.63, 3.8) is 0 Å². The van der Waals surface area contributed by atoms with Crippen molar-refractivity contribution >= 4 is 17.8 Å². The van der Waals surface area contributed by atoms with Gasteiger partial charge >= 0.3 is 5.97 Å². The molecule has 142 valence electrons. The van der Waals surface area contributed by atoms with Crippen molar-refractivity contribution < 1.29 is 29.0 Å². The van der Waals surface area contributed by atoms with Gasteiger partial charge in [-0.15, -0.1) is 0 Å². The topological polar surface area (TPSA) is 96.4 Å². The van der Waals surface area contributed by atoms with Crippen LogP contribution in [0.25, 0.3) is 0 Å². The molecule has 0 bridgehead atoms. The zero-order chi connectivity index (χ0) is 18.2. The van der Waals surface area contributed by atoms with Crippen molar-refractivity contribution in [1.29, 1.82) is 0 Å². The monoisotopic (exact) mass is 356 g/mol. The largest absolute Gasteiger partial charge is 0.481 e. The minimum Gasteiger partial charge on any atom is -0.481 e. The van der Waals surface area contributed by atoms with Gasteiger partial charge in [-0.2, -0.15) is 0 Å². The molecule has 2 fully saturated rings. The molecule has 0 radical (unpaired) electrons. The van der Waals surface area contributed by atoms with Crippen molar-refractivity contribution in [3.05, 3.63) is 0 Å². The molecule has 0 aliphatic carbocycles. The first-order valence-electron chi connectivity index (χ1n) is 8.91. The second-order valence-corrected chi connectivity index (χ2v) is 6.70. The van der Waals surface area contributed by atoms with Gasteiger partial charge in [-0.1, -0.05) is 0 Å². The summed E-state index contributed by atoms with van der Waals surface area (Å²) in [6.45, 7) is 2.48. The Bertz CT molecular complexity index is 478. The van der Waals surface area contributed by atoms with Crippen LogP contribution in [0.2, 0.25) is 0 Å². The van der Waals surface area contributed by atoms with E-state index in [9.17, 15) is 14.4 Å². The molecule has 25 heavy (non-hydrogen) atoms. The molecule has 0 aromatic carbocycles. The lowest BCUT2D eigenvalue weighted by Crippen LogP contribution is -2.47. The number of piperidine rings is 1. The molecule has 2 aliphatic rings. The fourth-order valence-corrected chi connectivity index (χ4v) is 3.14. The summed E-state index contributed by atoms with van der Waals surface area (Å²) in [6, 6.07) is 0. The first kappa shape index (κ1) is 19.7. The van der Waals surface area contributed by atoms with E-state index in [0.717, 1.165) is 12.8 Å². The van der Waals surface area contributed by atoms with Crippen LogP contribution in [0, 0.1) is 5.92 Å². The van der Waals surface area contributed by atoms with E-state index in [1.54, 1.807) is 11.9 Å². The average molecular weight is 356 g/mol. The fourth-order valence-electron chi connectivity index (χ4n) is 3.14. The van der Waals surface area contributed by atoms with E-state index in [-0.39, 0.29) is 37.4 Å². The van der Waals surface area contributed by atoms with E-state index in [0.29, 0.717) is 39.2 Å². The number of likely N-dealkylation sites (tertiary alicyclic amines) is 1. The van der Waals surface area contributed by atoms with Crippen molar-refractivity contribution in [2.45, 2.75) is 38.2 Å². The molecule has 0 spiro atoms. The van der Waals surface area contributed by atoms with Gasteiger partial charge < -0.3 is 24.4 Å². The first-order valence-corrected chi connectivity index (χ1v) is 8.91. The number of amides is 2. The van der Waals surface area contributed by atoms with Crippen LogP contribution in [0.5, 0.6) is 0 Å². The zero-order valence-corrected chi connectivity index (χ0v) is 14.8. The maximum absolute atomic E-state index is 12.3. The smallest absolute Gasteiger partial charge is 0.308 e. The van der Waals surface area contributed by atoms with E-state index in [2.05, 4.69) is 0 Å². The van der Waals surface area contributed by atoms with Crippen LogP contribution in [-0.2, 0) is 23.9 Å². The highest BCUT2D eigenvalue weighted by Gasteiger charge is 2.29. The van der Waals surface area contributed by atoms with Crippen LogP contribution in [-0.4, -0.2) is 85.3 Å². The Morgan fingerprint density at radius 3 is 2.64 bits per heavy atom. The van der Waals surface area contributed by atoms with E-state index in [1.807, 2.05) is 0 Å². The van der Waals surface area contributed by atoms with Gasteiger partial charge in [-0.3, -0.25) is 14.4 Å². The number of hydrogen-bond donors (Lipinski definition) is 1. The molecule has 1 N–H and O–H groups in total. The number of carbonyl (C=O) groups excluding carboxylic acids is 2. The third-order valence-electron chi connectivity index (χ3n) is 4.76. The average Bonchev–Trinajstić information content (AvgIpc) is 2.62. The highest BCUT2D eigenvalue weighted by molar-refractivity contribution is 5.85. The number of ether oxygens (including phenoxy) is 2. The summed E-state index contributed by atoms with van der Waals surface area (Å²) in [4.78, 5) is 38.4. The van der Waals surface area contributed by atoms with Crippen LogP contribution < -0.4 is 0 Å². The molecular formula is C17H28N2O6. The normalized spacial score (nSPS) is 21.8. The number of carbonyl (C=O) groups is 3. The van der Waals surface area contributed by atoms with Gasteiger partial charge in [0.05, 0.1) is 31.6 Å². The Hall–Kier alpha value is -1.67. The molecule has 2 saturated heterocycles. The molecule has 8 heteroatoms. The third-order valence-corrected chi connectivity index (χ3v) is 4.76. The van der Waals surface area contributed by atoms with Gasteiger partial charge in [0, 0.05) is 33.4 Å². The van der Waals surface area contributed by atoms with Gasteiger partial charge in [-0.25, -0.2) is 0 Å². The van der Waals surface area contributed by atoms with Crippen molar-refractivity contribution in [3.8, 4) is 0 Å². The van der Waals surface area contributed by atoms with Gasteiger partial charge in [0.25, 0.3) is 0 Å². The summed E-state index contributed by atoms with van der Waals surface area (Å²) < 4.78 is 10.9. The predicted molar refractivity (Wildman–Crippen MR) is 89.0 cm³/mol. The highest BCUT2D eigenvalue weighted by Crippen LogP contribution is 2.17. The number of aliphatic carboxylic acids is 1. The minimum absolute atomic E-state index is 0.0254. The Morgan fingerprint density at radius 2 is 1.96 bits per heavy atom. The first-order chi connectivity index (χ1) is 12.0. The van der Waals surface area contributed by atoms with E-state index in [4.69, 9.17) is 14.6 Å². The Labute approximate surface area is 148 Å². The van der Waals surface area contributed by atoms with Crippen molar-refractivity contribution in [2.24, 2.45) is 5.92 Å². The second kappa shape index (κ2) is 9.72. The Morgan fingerprint density at radius 1 is 1.24 bits per heavy atom. The van der Waals surface area contributed by atoms with E-state index < -0.39 is 11.9 Å². The maximum Gasteiger partial charge on any atom is 0.308 e. The van der Waals surface area contributed by atoms with Crippen molar-refractivity contribution in [2.75, 3.05) is 46.5 Å². The van der Waals surface area contributed by atoms with Gasteiger partial charge in [0.15, 0.2) is 0 Å². The third kappa shape index (κ3) is 6.28. The summed E-state index contributed by atoms with van der Waals surface area (Å²) in [7, 11) is 1.59. The molecule has 2 aliphatic heterocycles.